The summed E-state index contributed by atoms with van der Waals surface area (Å²) in [6.45, 7) is 0.128. The van der Waals surface area contributed by atoms with Crippen LogP contribution in [0.1, 0.15) is 54.5 Å². The van der Waals surface area contributed by atoms with Crippen molar-refractivity contribution in [3.05, 3.63) is 16.0 Å². The number of thiophene rings is 1. The van der Waals surface area contributed by atoms with E-state index in [2.05, 4.69) is 11.4 Å². The molecule has 0 bridgehead atoms. The first kappa shape index (κ1) is 17.2. The Hall–Kier alpha value is -2.20. The number of rotatable bonds is 4. The summed E-state index contributed by atoms with van der Waals surface area (Å²) >= 11 is 1.48. The van der Waals surface area contributed by atoms with E-state index in [0.717, 1.165) is 50.5 Å². The molecule has 0 spiro atoms. The number of fused-ring (bicyclic) bond motifs is 2. The molecule has 4 rings (SSSR count). The fourth-order valence-electron chi connectivity index (χ4n) is 4.46. The lowest BCUT2D eigenvalue weighted by Gasteiger charge is -2.19. The van der Waals surface area contributed by atoms with Crippen LogP contribution in [0.15, 0.2) is 0 Å². The molecule has 3 aliphatic rings. The van der Waals surface area contributed by atoms with Gasteiger partial charge in [0.15, 0.2) is 0 Å². The Morgan fingerprint density at radius 2 is 1.85 bits per heavy atom. The van der Waals surface area contributed by atoms with Gasteiger partial charge in [-0.15, -0.1) is 11.3 Å². The highest BCUT2D eigenvalue weighted by molar-refractivity contribution is 7.16. The molecule has 1 N–H and O–H groups in total. The second-order valence-electron chi connectivity index (χ2n) is 7.30. The van der Waals surface area contributed by atoms with Gasteiger partial charge in [0, 0.05) is 17.8 Å². The minimum absolute atomic E-state index is 0.0738. The largest absolute Gasteiger partial charge is 0.317 e. The Morgan fingerprint density at radius 3 is 2.50 bits per heavy atom. The molecule has 1 saturated heterocycles. The maximum Gasteiger partial charge on any atom is 0.233 e. The van der Waals surface area contributed by atoms with E-state index in [9.17, 15) is 19.6 Å². The lowest BCUT2D eigenvalue weighted by molar-refractivity contribution is -0.140. The van der Waals surface area contributed by atoms with Crippen molar-refractivity contribution < 1.29 is 14.4 Å². The molecule has 0 aromatic carbocycles. The topological polar surface area (TPSA) is 90.3 Å². The molecule has 1 aromatic heterocycles. The van der Waals surface area contributed by atoms with Gasteiger partial charge in [-0.1, -0.05) is 12.8 Å². The highest BCUT2D eigenvalue weighted by Crippen LogP contribution is 2.39. The molecular weight excluding hydrogens is 350 g/mol. The molecule has 2 atom stereocenters. The number of carbonyl (C=O) groups is 3. The maximum atomic E-state index is 12.4. The van der Waals surface area contributed by atoms with Gasteiger partial charge in [-0.25, -0.2) is 0 Å². The quantitative estimate of drug-likeness (QED) is 0.824. The van der Waals surface area contributed by atoms with Crippen LogP contribution >= 0.6 is 11.3 Å². The number of nitrogens with zero attached hydrogens (tertiary/aromatic N) is 2. The molecule has 136 valence electrons. The zero-order chi connectivity index (χ0) is 18.3. The van der Waals surface area contributed by atoms with E-state index in [0.29, 0.717) is 10.6 Å². The van der Waals surface area contributed by atoms with Gasteiger partial charge in [0.1, 0.15) is 11.1 Å². The van der Waals surface area contributed by atoms with Crippen LogP contribution in [-0.2, 0) is 27.2 Å². The number of carbonyl (C=O) groups excluding carboxylic acids is 3. The van der Waals surface area contributed by atoms with Crippen LogP contribution in [0.2, 0.25) is 0 Å². The van der Waals surface area contributed by atoms with Gasteiger partial charge in [-0.3, -0.25) is 19.3 Å². The second-order valence-corrected chi connectivity index (χ2v) is 8.40. The normalized spacial score (nSPS) is 24.3. The third-order valence-electron chi connectivity index (χ3n) is 5.78. The minimum Gasteiger partial charge on any atom is -0.317 e. The molecule has 2 fully saturated rings. The number of hydrogen-bond acceptors (Lipinski definition) is 5. The van der Waals surface area contributed by atoms with Crippen molar-refractivity contribution >= 4 is 34.1 Å². The molecule has 7 heteroatoms. The fraction of sp³-hybridized carbons (Fsp3) is 0.579. The van der Waals surface area contributed by atoms with E-state index in [1.165, 1.54) is 21.1 Å². The summed E-state index contributed by atoms with van der Waals surface area (Å²) in [7, 11) is 0. The number of hydrogen-bond donors (Lipinski definition) is 1. The first-order valence-corrected chi connectivity index (χ1v) is 10.1. The van der Waals surface area contributed by atoms with Gasteiger partial charge in [0.05, 0.1) is 17.4 Å². The van der Waals surface area contributed by atoms with Crippen LogP contribution < -0.4 is 5.32 Å². The van der Waals surface area contributed by atoms with Crippen molar-refractivity contribution in [2.24, 2.45) is 11.8 Å². The predicted octanol–water partition coefficient (Wildman–Crippen LogP) is 2.61. The predicted molar refractivity (Wildman–Crippen MR) is 96.5 cm³/mol. The van der Waals surface area contributed by atoms with E-state index in [4.69, 9.17) is 0 Å². The van der Waals surface area contributed by atoms with Crippen molar-refractivity contribution in [1.82, 2.24) is 4.90 Å². The second kappa shape index (κ2) is 6.84. The van der Waals surface area contributed by atoms with Crippen molar-refractivity contribution in [2.45, 2.75) is 51.4 Å². The maximum absolute atomic E-state index is 12.4. The Balaban J connectivity index is 1.38. The number of likely N-dealkylation sites (tertiary alicyclic amines) is 1. The first-order chi connectivity index (χ1) is 12.6. The smallest absolute Gasteiger partial charge is 0.233 e. The van der Waals surface area contributed by atoms with Gasteiger partial charge in [0.2, 0.25) is 17.7 Å². The lowest BCUT2D eigenvalue weighted by atomic mass is 9.81. The van der Waals surface area contributed by atoms with Crippen molar-refractivity contribution in [3.8, 4) is 6.07 Å². The van der Waals surface area contributed by atoms with E-state index >= 15 is 0 Å². The van der Waals surface area contributed by atoms with E-state index in [-0.39, 0.29) is 42.5 Å². The van der Waals surface area contributed by atoms with Crippen LogP contribution in [0.3, 0.4) is 0 Å². The summed E-state index contributed by atoms with van der Waals surface area (Å²) in [6.07, 6.45) is 6.54. The SMILES string of the molecule is N#Cc1c(NC(=O)CCN2C(=O)[C@H]3CCCC[C@@H]3C2=O)sc2c1CCC2. The summed E-state index contributed by atoms with van der Waals surface area (Å²) in [5.74, 6) is -0.827. The van der Waals surface area contributed by atoms with Gasteiger partial charge in [-0.2, -0.15) is 5.26 Å². The zero-order valence-electron chi connectivity index (χ0n) is 14.5. The van der Waals surface area contributed by atoms with Gasteiger partial charge in [0.25, 0.3) is 0 Å². The molecule has 2 heterocycles. The number of nitrogens with one attached hydrogen (secondary N) is 1. The molecular formula is C19H21N3O3S. The van der Waals surface area contributed by atoms with Crippen LogP contribution in [0.25, 0.3) is 0 Å². The number of aryl methyl sites for hydroxylation is 1. The highest BCUT2D eigenvalue weighted by atomic mass is 32.1. The molecule has 1 aromatic rings. The highest BCUT2D eigenvalue weighted by Gasteiger charge is 2.47. The molecule has 26 heavy (non-hydrogen) atoms. The number of imide groups is 1. The number of anilines is 1. The minimum atomic E-state index is -0.253. The van der Waals surface area contributed by atoms with Crippen molar-refractivity contribution in [1.29, 1.82) is 5.26 Å². The van der Waals surface area contributed by atoms with Gasteiger partial charge < -0.3 is 5.32 Å². The summed E-state index contributed by atoms with van der Waals surface area (Å²) in [5.41, 5.74) is 1.65. The number of amides is 3. The molecule has 2 aliphatic carbocycles. The summed E-state index contributed by atoms with van der Waals surface area (Å²) < 4.78 is 0. The molecule has 1 saturated carbocycles. The van der Waals surface area contributed by atoms with Crippen LogP contribution in [-0.4, -0.2) is 29.2 Å². The Kier molecular flexibility index (Phi) is 4.53. The van der Waals surface area contributed by atoms with E-state index < -0.39 is 0 Å². The molecule has 0 unspecified atom stereocenters. The van der Waals surface area contributed by atoms with E-state index in [1.807, 2.05) is 0 Å². The van der Waals surface area contributed by atoms with E-state index in [1.54, 1.807) is 0 Å². The Labute approximate surface area is 156 Å². The van der Waals surface area contributed by atoms with Crippen LogP contribution in [0, 0.1) is 23.2 Å². The molecule has 3 amide bonds. The zero-order valence-corrected chi connectivity index (χ0v) is 15.4. The average Bonchev–Trinajstić information content (AvgIpc) is 3.27. The monoisotopic (exact) mass is 371 g/mol. The lowest BCUT2D eigenvalue weighted by Crippen LogP contribution is -2.34. The fourth-order valence-corrected chi connectivity index (χ4v) is 5.72. The van der Waals surface area contributed by atoms with Crippen LogP contribution in [0.4, 0.5) is 5.00 Å². The summed E-state index contributed by atoms with van der Waals surface area (Å²) in [5, 5.41) is 12.8. The summed E-state index contributed by atoms with van der Waals surface area (Å²) in [4.78, 5) is 39.7. The standard InChI is InChI=1S/C19H21N3O3S/c20-10-14-11-6-3-7-15(11)26-17(14)21-16(23)8-9-22-18(24)12-4-1-2-5-13(12)19(22)25/h12-13H,1-9H2,(H,21,23)/t12-,13-/m0/s1. The third-order valence-corrected chi connectivity index (χ3v) is 6.99. The average molecular weight is 371 g/mol. The van der Waals surface area contributed by atoms with Crippen molar-refractivity contribution in [2.75, 3.05) is 11.9 Å². The summed E-state index contributed by atoms with van der Waals surface area (Å²) in [6, 6.07) is 2.20. The van der Waals surface area contributed by atoms with Gasteiger partial charge >= 0.3 is 0 Å². The Morgan fingerprint density at radius 1 is 1.15 bits per heavy atom. The van der Waals surface area contributed by atoms with Crippen LogP contribution in [0.5, 0.6) is 0 Å². The Bertz CT molecular complexity index is 799. The molecule has 0 radical (unpaired) electrons. The number of nitriles is 1. The molecule has 1 aliphatic heterocycles. The first-order valence-electron chi connectivity index (χ1n) is 9.30. The molecule has 6 nitrogen and oxygen atoms in total. The third kappa shape index (κ3) is 2.82. The van der Waals surface area contributed by atoms with Gasteiger partial charge in [-0.05, 0) is 37.7 Å². The van der Waals surface area contributed by atoms with Crippen molar-refractivity contribution in [3.63, 3.8) is 0 Å².